The summed E-state index contributed by atoms with van der Waals surface area (Å²) in [6, 6.07) is 13.7. The van der Waals surface area contributed by atoms with Crippen molar-refractivity contribution in [3.8, 4) is 11.5 Å². The van der Waals surface area contributed by atoms with Crippen LogP contribution in [0.25, 0.3) is 0 Å². The molecule has 0 saturated heterocycles. The Hall–Kier alpha value is -3.32. The van der Waals surface area contributed by atoms with E-state index in [0.29, 0.717) is 30.3 Å². The normalized spacial score (nSPS) is 10.0. The maximum Gasteiger partial charge on any atom is 0.343 e. The first kappa shape index (κ1) is 21.0. The molecule has 7 nitrogen and oxygen atoms in total. The Labute approximate surface area is 163 Å². The summed E-state index contributed by atoms with van der Waals surface area (Å²) in [5.74, 6) is 0.159. The van der Waals surface area contributed by atoms with Crippen LogP contribution in [0.5, 0.6) is 11.5 Å². The molecule has 1 N–H and O–H groups in total. The van der Waals surface area contributed by atoms with E-state index in [1.165, 1.54) is 0 Å². The molecule has 0 radical (unpaired) electrons. The molecule has 0 atom stereocenters. The zero-order chi connectivity index (χ0) is 20.2. The van der Waals surface area contributed by atoms with Gasteiger partial charge < -0.3 is 24.3 Å². The van der Waals surface area contributed by atoms with Gasteiger partial charge in [-0.2, -0.15) is 0 Å². The van der Waals surface area contributed by atoms with Crippen LogP contribution in [0.2, 0.25) is 0 Å². The van der Waals surface area contributed by atoms with Crippen LogP contribution < -0.4 is 14.8 Å². The molecule has 28 heavy (non-hydrogen) atoms. The third-order valence-electron chi connectivity index (χ3n) is 3.58. The first-order valence-electron chi connectivity index (χ1n) is 8.72. The number of hydrogen-bond acceptors (Lipinski definition) is 7. The molecule has 0 aromatic heterocycles. The summed E-state index contributed by atoms with van der Waals surface area (Å²) in [6.07, 6.45) is 1.10. The third-order valence-corrected chi connectivity index (χ3v) is 3.58. The molecule has 0 heterocycles. The second-order valence-electron chi connectivity index (χ2n) is 5.52. The van der Waals surface area contributed by atoms with E-state index in [0.717, 1.165) is 11.8 Å². The van der Waals surface area contributed by atoms with Gasteiger partial charge in [-0.25, -0.2) is 9.59 Å². The molecule has 0 spiro atoms. The molecule has 0 saturated carbocycles. The van der Waals surface area contributed by atoms with Crippen LogP contribution in [0.1, 0.15) is 10.4 Å². The molecule has 2 rings (SSSR count). The number of carbonyl (C=O) groups is 2. The van der Waals surface area contributed by atoms with E-state index in [4.69, 9.17) is 18.9 Å². The molecule has 0 amide bonds. The minimum atomic E-state index is -0.478. The highest BCUT2D eigenvalue weighted by Gasteiger charge is 2.09. The predicted molar refractivity (Wildman–Crippen MR) is 105 cm³/mol. The Bertz CT molecular complexity index is 770. The van der Waals surface area contributed by atoms with Gasteiger partial charge in [-0.1, -0.05) is 6.58 Å². The standard InChI is InChI=1S/C21H23NO6/c1-3-20(23)27-15-13-25-12-14-26-18-8-4-16(5-9-18)21(24)28-19-10-6-17(22-2)7-11-19/h3-11,22H,1,12-15H2,2H3. The van der Waals surface area contributed by atoms with Crippen molar-refractivity contribution in [3.63, 3.8) is 0 Å². The van der Waals surface area contributed by atoms with Crippen LogP contribution in [0.3, 0.4) is 0 Å². The van der Waals surface area contributed by atoms with Gasteiger partial charge in [0.2, 0.25) is 0 Å². The average Bonchev–Trinajstić information content (AvgIpc) is 2.73. The van der Waals surface area contributed by atoms with Crippen molar-refractivity contribution in [1.29, 1.82) is 0 Å². The summed E-state index contributed by atoms with van der Waals surface area (Å²) >= 11 is 0. The van der Waals surface area contributed by atoms with Crippen LogP contribution in [-0.2, 0) is 14.3 Å². The number of rotatable bonds is 11. The van der Waals surface area contributed by atoms with Gasteiger partial charge in [-0.15, -0.1) is 0 Å². The van der Waals surface area contributed by atoms with Crippen molar-refractivity contribution in [2.24, 2.45) is 0 Å². The van der Waals surface area contributed by atoms with E-state index >= 15 is 0 Å². The number of hydrogen-bond donors (Lipinski definition) is 1. The van der Waals surface area contributed by atoms with Crippen molar-refractivity contribution in [2.45, 2.75) is 0 Å². The Kier molecular flexibility index (Phi) is 8.55. The van der Waals surface area contributed by atoms with E-state index in [1.807, 2.05) is 19.2 Å². The Morgan fingerprint density at radius 1 is 0.929 bits per heavy atom. The first-order chi connectivity index (χ1) is 13.6. The average molecular weight is 385 g/mol. The molecule has 0 aliphatic rings. The van der Waals surface area contributed by atoms with Gasteiger partial charge in [0.15, 0.2) is 0 Å². The van der Waals surface area contributed by atoms with Gasteiger partial charge in [0.1, 0.15) is 24.7 Å². The molecule has 0 aliphatic carbocycles. The molecule has 148 valence electrons. The van der Waals surface area contributed by atoms with Crippen LogP contribution in [0, 0.1) is 0 Å². The van der Waals surface area contributed by atoms with Crippen molar-refractivity contribution in [1.82, 2.24) is 0 Å². The zero-order valence-corrected chi connectivity index (χ0v) is 15.7. The van der Waals surface area contributed by atoms with Gasteiger partial charge >= 0.3 is 11.9 Å². The molecule has 7 heteroatoms. The predicted octanol–water partition coefficient (Wildman–Crippen LogP) is 3.07. The maximum absolute atomic E-state index is 12.2. The second kappa shape index (κ2) is 11.4. The van der Waals surface area contributed by atoms with E-state index < -0.39 is 11.9 Å². The number of anilines is 1. The topological polar surface area (TPSA) is 83.1 Å². The summed E-state index contributed by atoms with van der Waals surface area (Å²) in [6.45, 7) is 4.42. The van der Waals surface area contributed by atoms with E-state index in [2.05, 4.69) is 11.9 Å². The fourth-order valence-corrected chi connectivity index (χ4v) is 2.12. The summed E-state index contributed by atoms with van der Waals surface area (Å²) in [5.41, 5.74) is 1.35. The van der Waals surface area contributed by atoms with Crippen LogP contribution in [0.15, 0.2) is 61.2 Å². The lowest BCUT2D eigenvalue weighted by Gasteiger charge is -2.09. The number of ether oxygens (including phenoxy) is 4. The molecule has 0 aliphatic heterocycles. The highest BCUT2D eigenvalue weighted by atomic mass is 16.6. The summed E-state index contributed by atoms with van der Waals surface area (Å²) < 4.78 is 20.9. The molecule has 0 bridgehead atoms. The molecule has 2 aromatic carbocycles. The SMILES string of the molecule is C=CC(=O)OCCOCCOc1ccc(C(=O)Oc2ccc(NC)cc2)cc1. The van der Waals surface area contributed by atoms with E-state index in [1.54, 1.807) is 36.4 Å². The fourth-order valence-electron chi connectivity index (χ4n) is 2.12. The Morgan fingerprint density at radius 2 is 1.57 bits per heavy atom. The van der Waals surface area contributed by atoms with Gasteiger partial charge in [0.05, 0.1) is 18.8 Å². The number of carbonyl (C=O) groups excluding carboxylic acids is 2. The lowest BCUT2D eigenvalue weighted by Crippen LogP contribution is -2.12. The van der Waals surface area contributed by atoms with E-state index in [9.17, 15) is 9.59 Å². The van der Waals surface area contributed by atoms with Gasteiger partial charge in [0, 0.05) is 18.8 Å². The molecule has 0 fully saturated rings. The van der Waals surface area contributed by atoms with E-state index in [-0.39, 0.29) is 13.2 Å². The summed E-state index contributed by atoms with van der Waals surface area (Å²) in [4.78, 5) is 23.0. The van der Waals surface area contributed by atoms with Crippen LogP contribution in [-0.4, -0.2) is 45.4 Å². The number of nitrogens with one attached hydrogen (secondary N) is 1. The second-order valence-corrected chi connectivity index (χ2v) is 5.52. The minimum Gasteiger partial charge on any atom is -0.491 e. The Balaban J connectivity index is 1.69. The fraction of sp³-hybridized carbons (Fsp3) is 0.238. The van der Waals surface area contributed by atoms with Gasteiger partial charge in [0.25, 0.3) is 0 Å². The molecule has 2 aromatic rings. The third kappa shape index (κ3) is 7.13. The maximum atomic E-state index is 12.2. The lowest BCUT2D eigenvalue weighted by molar-refractivity contribution is -0.139. The zero-order valence-electron chi connectivity index (χ0n) is 15.7. The van der Waals surface area contributed by atoms with Crippen molar-refractivity contribution >= 4 is 17.6 Å². The van der Waals surface area contributed by atoms with Crippen molar-refractivity contribution in [3.05, 3.63) is 66.7 Å². The highest BCUT2D eigenvalue weighted by Crippen LogP contribution is 2.18. The summed E-state index contributed by atoms with van der Waals surface area (Å²) in [5, 5.41) is 3.00. The molecule has 0 unspecified atom stereocenters. The quantitative estimate of drug-likeness (QED) is 0.275. The van der Waals surface area contributed by atoms with Crippen molar-refractivity contribution in [2.75, 3.05) is 38.8 Å². The van der Waals surface area contributed by atoms with Gasteiger partial charge in [-0.3, -0.25) is 0 Å². The largest absolute Gasteiger partial charge is 0.491 e. The Morgan fingerprint density at radius 3 is 2.21 bits per heavy atom. The van der Waals surface area contributed by atoms with Crippen LogP contribution >= 0.6 is 0 Å². The smallest absolute Gasteiger partial charge is 0.343 e. The minimum absolute atomic E-state index is 0.166. The summed E-state index contributed by atoms with van der Waals surface area (Å²) in [7, 11) is 1.82. The van der Waals surface area contributed by atoms with Crippen molar-refractivity contribution < 1.29 is 28.5 Å². The lowest BCUT2D eigenvalue weighted by atomic mass is 10.2. The van der Waals surface area contributed by atoms with Crippen LogP contribution in [0.4, 0.5) is 5.69 Å². The number of benzene rings is 2. The first-order valence-corrected chi connectivity index (χ1v) is 8.72. The monoisotopic (exact) mass is 385 g/mol. The number of esters is 2. The molecular weight excluding hydrogens is 362 g/mol. The van der Waals surface area contributed by atoms with Gasteiger partial charge in [-0.05, 0) is 48.5 Å². The molecular formula is C21H23NO6. The highest BCUT2D eigenvalue weighted by molar-refractivity contribution is 5.91.